The second-order valence-electron chi connectivity index (χ2n) is 6.06. The van der Waals surface area contributed by atoms with Crippen molar-refractivity contribution in [2.75, 3.05) is 18.4 Å². The number of nitrogens with one attached hydrogen (secondary N) is 1. The molecule has 1 aliphatic rings. The highest BCUT2D eigenvalue weighted by Gasteiger charge is 2.27. The molecule has 8 heteroatoms. The van der Waals surface area contributed by atoms with E-state index in [4.69, 9.17) is 0 Å². The third-order valence-corrected chi connectivity index (χ3v) is 7.05. The van der Waals surface area contributed by atoms with Crippen LogP contribution < -0.4 is 5.32 Å². The fourth-order valence-corrected chi connectivity index (χ4v) is 4.92. The Morgan fingerprint density at radius 3 is 2.46 bits per heavy atom. The molecule has 138 valence electrons. The molecule has 0 spiro atoms. The average Bonchev–Trinajstić information content (AvgIpc) is 3.18. The standard InChI is InChI=1S/C18H21N3O3S2/c1-14(18(22)20-15-7-3-2-4-8-15)25-17-10-9-16(13-19-17)26(23,24)21-11-5-6-12-21/h2-4,7-10,13-14H,5-6,11-12H2,1H3,(H,20,22). The highest BCUT2D eigenvalue weighted by Crippen LogP contribution is 2.25. The molecule has 2 aromatic rings. The smallest absolute Gasteiger partial charge is 0.244 e. The van der Waals surface area contributed by atoms with E-state index >= 15 is 0 Å². The summed E-state index contributed by atoms with van der Waals surface area (Å²) in [6.07, 6.45) is 3.17. The monoisotopic (exact) mass is 391 g/mol. The van der Waals surface area contributed by atoms with Gasteiger partial charge in [-0.15, -0.1) is 0 Å². The van der Waals surface area contributed by atoms with E-state index in [0.29, 0.717) is 18.1 Å². The Kier molecular flexibility index (Phi) is 5.95. The number of para-hydroxylation sites is 1. The normalized spacial score (nSPS) is 16.3. The molecule has 0 radical (unpaired) electrons. The first-order valence-electron chi connectivity index (χ1n) is 8.45. The number of rotatable bonds is 6. The number of anilines is 1. The summed E-state index contributed by atoms with van der Waals surface area (Å²) in [7, 11) is -3.46. The van der Waals surface area contributed by atoms with Crippen LogP contribution >= 0.6 is 11.8 Å². The van der Waals surface area contributed by atoms with Crippen LogP contribution in [0.2, 0.25) is 0 Å². The van der Waals surface area contributed by atoms with Crippen LogP contribution in [0.25, 0.3) is 0 Å². The molecule has 1 unspecified atom stereocenters. The molecule has 2 heterocycles. The summed E-state index contributed by atoms with van der Waals surface area (Å²) < 4.78 is 26.5. The lowest BCUT2D eigenvalue weighted by Crippen LogP contribution is -2.28. The van der Waals surface area contributed by atoms with Crippen molar-refractivity contribution in [2.24, 2.45) is 0 Å². The van der Waals surface area contributed by atoms with Crippen molar-refractivity contribution >= 4 is 33.4 Å². The summed E-state index contributed by atoms with van der Waals surface area (Å²) in [6.45, 7) is 2.92. The molecular weight excluding hydrogens is 370 g/mol. The largest absolute Gasteiger partial charge is 0.325 e. The van der Waals surface area contributed by atoms with Crippen molar-refractivity contribution in [3.63, 3.8) is 0 Å². The summed E-state index contributed by atoms with van der Waals surface area (Å²) in [5.41, 5.74) is 0.741. The van der Waals surface area contributed by atoms with E-state index in [1.54, 1.807) is 19.1 Å². The van der Waals surface area contributed by atoms with E-state index in [2.05, 4.69) is 10.3 Å². The van der Waals surface area contributed by atoms with Gasteiger partial charge >= 0.3 is 0 Å². The van der Waals surface area contributed by atoms with Crippen LogP contribution in [0.5, 0.6) is 0 Å². The molecule has 0 aliphatic carbocycles. The molecule has 1 N–H and O–H groups in total. The fraction of sp³-hybridized carbons (Fsp3) is 0.333. The zero-order valence-electron chi connectivity index (χ0n) is 14.5. The van der Waals surface area contributed by atoms with Crippen LogP contribution in [0.1, 0.15) is 19.8 Å². The van der Waals surface area contributed by atoms with Crippen LogP contribution in [0.3, 0.4) is 0 Å². The number of aromatic nitrogens is 1. The number of pyridine rings is 1. The molecular formula is C18H21N3O3S2. The second-order valence-corrected chi connectivity index (χ2v) is 9.36. The van der Waals surface area contributed by atoms with Crippen molar-refractivity contribution in [3.8, 4) is 0 Å². The first-order chi connectivity index (χ1) is 12.5. The van der Waals surface area contributed by atoms with Crippen LogP contribution in [0.4, 0.5) is 5.69 Å². The second kappa shape index (κ2) is 8.20. The third kappa shape index (κ3) is 4.44. The van der Waals surface area contributed by atoms with Gasteiger partial charge in [0.15, 0.2) is 0 Å². The van der Waals surface area contributed by atoms with Crippen molar-refractivity contribution in [1.29, 1.82) is 0 Å². The van der Waals surface area contributed by atoms with Gasteiger partial charge in [-0.25, -0.2) is 13.4 Å². The topological polar surface area (TPSA) is 79.4 Å². The minimum absolute atomic E-state index is 0.128. The highest BCUT2D eigenvalue weighted by molar-refractivity contribution is 8.00. The minimum atomic E-state index is -3.46. The van der Waals surface area contributed by atoms with Crippen molar-refractivity contribution in [2.45, 2.75) is 34.9 Å². The number of hydrogen-bond acceptors (Lipinski definition) is 5. The van der Waals surface area contributed by atoms with E-state index in [9.17, 15) is 13.2 Å². The molecule has 0 saturated carbocycles. The van der Waals surface area contributed by atoms with Gasteiger partial charge < -0.3 is 5.32 Å². The molecule has 1 amide bonds. The minimum Gasteiger partial charge on any atom is -0.325 e. The summed E-state index contributed by atoms with van der Waals surface area (Å²) in [6, 6.07) is 12.5. The van der Waals surface area contributed by atoms with E-state index in [1.807, 2.05) is 30.3 Å². The Labute approximate surface area is 158 Å². The Balaban J connectivity index is 1.62. The Morgan fingerprint density at radius 1 is 1.15 bits per heavy atom. The lowest BCUT2D eigenvalue weighted by Gasteiger charge is -2.15. The van der Waals surface area contributed by atoms with E-state index in [0.717, 1.165) is 18.5 Å². The number of amides is 1. The van der Waals surface area contributed by atoms with E-state index in [1.165, 1.54) is 22.3 Å². The van der Waals surface area contributed by atoms with Gasteiger partial charge in [0, 0.05) is 25.0 Å². The lowest BCUT2D eigenvalue weighted by atomic mass is 10.3. The van der Waals surface area contributed by atoms with Crippen LogP contribution in [0.15, 0.2) is 58.6 Å². The van der Waals surface area contributed by atoms with Gasteiger partial charge in [0.1, 0.15) is 4.90 Å². The van der Waals surface area contributed by atoms with Gasteiger partial charge in [0.05, 0.1) is 10.3 Å². The molecule has 0 bridgehead atoms. The summed E-state index contributed by atoms with van der Waals surface area (Å²) in [5.74, 6) is -0.128. The number of benzene rings is 1. The Hall–Kier alpha value is -1.90. The number of carbonyl (C=O) groups excluding carboxylic acids is 1. The average molecular weight is 392 g/mol. The van der Waals surface area contributed by atoms with Crippen molar-refractivity contribution in [1.82, 2.24) is 9.29 Å². The Morgan fingerprint density at radius 2 is 1.85 bits per heavy atom. The number of sulfonamides is 1. The van der Waals surface area contributed by atoms with Gasteiger partial charge in [-0.1, -0.05) is 30.0 Å². The third-order valence-electron chi connectivity index (χ3n) is 4.12. The molecule has 26 heavy (non-hydrogen) atoms. The molecule has 6 nitrogen and oxygen atoms in total. The van der Waals surface area contributed by atoms with Gasteiger partial charge in [0.2, 0.25) is 15.9 Å². The molecule has 1 aliphatic heterocycles. The van der Waals surface area contributed by atoms with Crippen LogP contribution in [0, 0.1) is 0 Å². The zero-order chi connectivity index (χ0) is 18.6. The summed E-state index contributed by atoms with van der Waals surface area (Å²) in [4.78, 5) is 16.7. The first kappa shape index (κ1) is 18.9. The van der Waals surface area contributed by atoms with E-state index in [-0.39, 0.29) is 16.1 Å². The molecule has 1 atom stereocenters. The Bertz CT molecular complexity index is 849. The molecule has 1 saturated heterocycles. The van der Waals surface area contributed by atoms with Gasteiger partial charge in [0.25, 0.3) is 0 Å². The van der Waals surface area contributed by atoms with Gasteiger partial charge in [-0.05, 0) is 44.0 Å². The zero-order valence-corrected chi connectivity index (χ0v) is 16.1. The maximum absolute atomic E-state index is 12.5. The van der Waals surface area contributed by atoms with Crippen LogP contribution in [-0.4, -0.2) is 42.0 Å². The number of carbonyl (C=O) groups is 1. The van der Waals surface area contributed by atoms with E-state index < -0.39 is 10.0 Å². The predicted molar refractivity (Wildman–Crippen MR) is 103 cm³/mol. The number of nitrogens with zero attached hydrogens (tertiary/aromatic N) is 2. The maximum atomic E-state index is 12.5. The maximum Gasteiger partial charge on any atom is 0.244 e. The number of thioether (sulfide) groups is 1. The number of hydrogen-bond donors (Lipinski definition) is 1. The summed E-state index contributed by atoms with van der Waals surface area (Å²) in [5, 5.41) is 3.10. The SMILES string of the molecule is CC(Sc1ccc(S(=O)(=O)N2CCCC2)cn1)C(=O)Nc1ccccc1. The molecule has 3 rings (SSSR count). The van der Waals surface area contributed by atoms with Crippen molar-refractivity contribution in [3.05, 3.63) is 48.7 Å². The molecule has 1 aromatic carbocycles. The van der Waals surface area contributed by atoms with Gasteiger partial charge in [-0.2, -0.15) is 4.31 Å². The van der Waals surface area contributed by atoms with Crippen LogP contribution in [-0.2, 0) is 14.8 Å². The van der Waals surface area contributed by atoms with Crippen molar-refractivity contribution < 1.29 is 13.2 Å². The quantitative estimate of drug-likeness (QED) is 0.766. The lowest BCUT2D eigenvalue weighted by molar-refractivity contribution is -0.115. The molecule has 1 fully saturated rings. The fourth-order valence-electron chi connectivity index (χ4n) is 2.67. The summed E-state index contributed by atoms with van der Waals surface area (Å²) >= 11 is 1.29. The molecule has 1 aromatic heterocycles. The highest BCUT2D eigenvalue weighted by atomic mass is 32.2. The predicted octanol–water partition coefficient (Wildman–Crippen LogP) is 2.99. The first-order valence-corrected chi connectivity index (χ1v) is 10.8. The van der Waals surface area contributed by atoms with Gasteiger partial charge in [-0.3, -0.25) is 4.79 Å².